The normalized spacial score (nSPS) is 10.9. The van der Waals surface area contributed by atoms with E-state index >= 15 is 0 Å². The van der Waals surface area contributed by atoms with Gasteiger partial charge in [0.15, 0.2) is 0 Å². The van der Waals surface area contributed by atoms with Crippen molar-refractivity contribution in [2.45, 2.75) is 20.8 Å². The SMILES string of the molecule is Cc1ccc(N(c2ccc(C)cc2)c2ccc(-c3ccc(N(c4ccc(C)cc4)c4ccc(-c5ccc(N(c6ccncc6)c6ccncc6)cc5)cc4)cc3)cc2)cc1. The van der Waals surface area contributed by atoms with Crippen molar-refractivity contribution in [1.82, 2.24) is 9.97 Å². The van der Waals surface area contributed by atoms with Crippen LogP contribution in [0.15, 0.2) is 219 Å². The number of pyridine rings is 2. The Bertz CT molecular complexity index is 2680. The highest BCUT2D eigenvalue weighted by molar-refractivity contribution is 5.83. The zero-order chi connectivity index (χ0) is 40.8. The van der Waals surface area contributed by atoms with Crippen LogP contribution in [0.25, 0.3) is 22.3 Å². The molecule has 0 atom stereocenters. The molecule has 2 aromatic heterocycles. The Morgan fingerprint density at radius 2 is 0.383 bits per heavy atom. The van der Waals surface area contributed by atoms with Crippen LogP contribution >= 0.6 is 0 Å². The molecule has 0 aliphatic carbocycles. The number of aromatic nitrogens is 2. The van der Waals surface area contributed by atoms with Gasteiger partial charge < -0.3 is 14.7 Å². The maximum absolute atomic E-state index is 4.23. The van der Waals surface area contributed by atoms with Crippen molar-refractivity contribution in [2.75, 3.05) is 14.7 Å². The Morgan fingerprint density at radius 3 is 0.583 bits per heavy atom. The van der Waals surface area contributed by atoms with E-state index in [0.29, 0.717) is 0 Å². The first-order valence-electron chi connectivity index (χ1n) is 20.3. The number of rotatable bonds is 11. The molecule has 9 aromatic rings. The highest BCUT2D eigenvalue weighted by Crippen LogP contribution is 2.40. The third-order valence-corrected chi connectivity index (χ3v) is 10.9. The second-order valence-corrected chi connectivity index (χ2v) is 15.1. The van der Waals surface area contributed by atoms with E-state index in [1.54, 1.807) is 0 Å². The molecule has 2 heterocycles. The van der Waals surface area contributed by atoms with Crippen molar-refractivity contribution in [3.8, 4) is 22.3 Å². The lowest BCUT2D eigenvalue weighted by Crippen LogP contribution is -2.10. The van der Waals surface area contributed by atoms with E-state index in [1.807, 2.05) is 49.1 Å². The second-order valence-electron chi connectivity index (χ2n) is 15.1. The summed E-state index contributed by atoms with van der Waals surface area (Å²) in [5, 5.41) is 0. The van der Waals surface area contributed by atoms with Crippen LogP contribution in [0, 0.1) is 20.8 Å². The van der Waals surface area contributed by atoms with E-state index in [4.69, 9.17) is 0 Å². The highest BCUT2D eigenvalue weighted by Gasteiger charge is 2.16. The van der Waals surface area contributed by atoms with Gasteiger partial charge in [0.2, 0.25) is 0 Å². The summed E-state index contributed by atoms with van der Waals surface area (Å²) >= 11 is 0. The summed E-state index contributed by atoms with van der Waals surface area (Å²) in [7, 11) is 0. The quantitative estimate of drug-likeness (QED) is 0.131. The fourth-order valence-corrected chi connectivity index (χ4v) is 7.62. The minimum atomic E-state index is 1.04. The van der Waals surface area contributed by atoms with Gasteiger partial charge >= 0.3 is 0 Å². The fourth-order valence-electron chi connectivity index (χ4n) is 7.62. The van der Waals surface area contributed by atoms with Crippen molar-refractivity contribution < 1.29 is 0 Å². The maximum Gasteiger partial charge on any atom is 0.0492 e. The molecular formula is C55H45N5. The first kappa shape index (κ1) is 37.8. The Hall–Kier alpha value is -7.76. The number of benzene rings is 7. The van der Waals surface area contributed by atoms with Gasteiger partial charge in [-0.15, -0.1) is 0 Å². The van der Waals surface area contributed by atoms with Gasteiger partial charge in [0.25, 0.3) is 0 Å². The average molecular weight is 776 g/mol. The van der Waals surface area contributed by atoms with E-state index in [1.165, 1.54) is 22.3 Å². The van der Waals surface area contributed by atoms with Crippen LogP contribution in [0.4, 0.5) is 51.2 Å². The second kappa shape index (κ2) is 17.0. The van der Waals surface area contributed by atoms with Crippen LogP contribution < -0.4 is 14.7 Å². The molecule has 0 N–H and O–H groups in total. The van der Waals surface area contributed by atoms with Gasteiger partial charge in [0.05, 0.1) is 0 Å². The summed E-state index contributed by atoms with van der Waals surface area (Å²) in [6, 6.07) is 69.6. The molecule has 0 radical (unpaired) electrons. The molecule has 7 aromatic carbocycles. The standard InChI is InChI=1S/C55H45N5/c1-40-4-18-47(19-5-40)58(48-20-6-41(2)7-21-48)50-24-10-43(11-25-50)44-12-26-51(27-13-44)59(49-22-8-42(3)9-23-49)52-28-14-45(15-29-52)46-16-30-53(31-17-46)60(54-32-36-56-37-33-54)55-34-38-57-39-35-55/h4-39H,1-3H3. The maximum atomic E-state index is 4.23. The van der Waals surface area contributed by atoms with Crippen molar-refractivity contribution in [3.05, 3.63) is 236 Å². The Balaban J connectivity index is 0.980. The molecule has 0 fully saturated rings. The zero-order valence-corrected chi connectivity index (χ0v) is 34.0. The van der Waals surface area contributed by atoms with Gasteiger partial charge in [-0.1, -0.05) is 102 Å². The lowest BCUT2D eigenvalue weighted by Gasteiger charge is -2.26. The molecule has 290 valence electrons. The van der Waals surface area contributed by atoms with Crippen LogP contribution in [0.2, 0.25) is 0 Å². The van der Waals surface area contributed by atoms with Gasteiger partial charge in [0.1, 0.15) is 0 Å². The molecule has 5 heteroatoms. The van der Waals surface area contributed by atoms with Crippen molar-refractivity contribution in [1.29, 1.82) is 0 Å². The third-order valence-electron chi connectivity index (χ3n) is 10.9. The molecule has 0 bridgehead atoms. The molecular weight excluding hydrogens is 731 g/mol. The molecule has 0 spiro atoms. The molecule has 60 heavy (non-hydrogen) atoms. The number of anilines is 9. The van der Waals surface area contributed by atoms with Crippen LogP contribution in [-0.2, 0) is 0 Å². The van der Waals surface area contributed by atoms with Gasteiger partial charge in [-0.3, -0.25) is 9.97 Å². The van der Waals surface area contributed by atoms with E-state index in [-0.39, 0.29) is 0 Å². The van der Waals surface area contributed by atoms with E-state index in [2.05, 4.69) is 215 Å². The van der Waals surface area contributed by atoms with Crippen LogP contribution in [0.5, 0.6) is 0 Å². The van der Waals surface area contributed by atoms with Gasteiger partial charge in [0, 0.05) is 76.0 Å². The predicted octanol–water partition coefficient (Wildman–Crippen LogP) is 15.1. The first-order chi connectivity index (χ1) is 29.5. The van der Waals surface area contributed by atoms with Gasteiger partial charge in [-0.2, -0.15) is 0 Å². The summed E-state index contributed by atoms with van der Waals surface area (Å²) in [4.78, 5) is 15.3. The van der Waals surface area contributed by atoms with E-state index in [9.17, 15) is 0 Å². The lowest BCUT2D eigenvalue weighted by atomic mass is 10.0. The predicted molar refractivity (Wildman–Crippen MR) is 251 cm³/mol. The number of nitrogens with zero attached hydrogens (tertiary/aromatic N) is 5. The smallest absolute Gasteiger partial charge is 0.0492 e. The Labute approximate surface area is 353 Å². The molecule has 0 aliphatic heterocycles. The van der Waals surface area contributed by atoms with Crippen LogP contribution in [0.3, 0.4) is 0 Å². The van der Waals surface area contributed by atoms with Crippen LogP contribution in [-0.4, -0.2) is 9.97 Å². The highest BCUT2D eigenvalue weighted by atomic mass is 15.2. The monoisotopic (exact) mass is 775 g/mol. The summed E-state index contributed by atoms with van der Waals surface area (Å²) in [5.74, 6) is 0. The summed E-state index contributed by atoms with van der Waals surface area (Å²) in [5.41, 5.74) is 18.1. The lowest BCUT2D eigenvalue weighted by molar-refractivity contribution is 1.22. The molecule has 0 saturated carbocycles. The molecule has 0 unspecified atom stereocenters. The molecule has 0 saturated heterocycles. The minimum absolute atomic E-state index is 1.04. The van der Waals surface area contributed by atoms with Crippen molar-refractivity contribution >= 4 is 51.2 Å². The van der Waals surface area contributed by atoms with E-state index in [0.717, 1.165) is 67.9 Å². The number of hydrogen-bond donors (Lipinski definition) is 0. The average Bonchev–Trinajstić information content (AvgIpc) is 3.30. The summed E-state index contributed by atoms with van der Waals surface area (Å²) < 4.78 is 0. The summed E-state index contributed by atoms with van der Waals surface area (Å²) in [6.07, 6.45) is 7.28. The zero-order valence-electron chi connectivity index (χ0n) is 34.0. The third kappa shape index (κ3) is 8.15. The van der Waals surface area contributed by atoms with Gasteiger partial charge in [-0.05, 0) is 152 Å². The topological polar surface area (TPSA) is 35.5 Å². The fraction of sp³-hybridized carbons (Fsp3) is 0.0545. The molecule has 5 nitrogen and oxygen atoms in total. The van der Waals surface area contributed by atoms with Crippen molar-refractivity contribution in [3.63, 3.8) is 0 Å². The Kier molecular flexibility index (Phi) is 10.7. The molecule has 0 amide bonds. The first-order valence-corrected chi connectivity index (χ1v) is 20.3. The van der Waals surface area contributed by atoms with Crippen molar-refractivity contribution in [2.24, 2.45) is 0 Å². The largest absolute Gasteiger partial charge is 0.311 e. The Morgan fingerprint density at radius 1 is 0.217 bits per heavy atom. The number of aryl methyl sites for hydroxylation is 3. The van der Waals surface area contributed by atoms with Gasteiger partial charge in [-0.25, -0.2) is 0 Å². The molecule has 9 rings (SSSR count). The summed E-state index contributed by atoms with van der Waals surface area (Å²) in [6.45, 7) is 6.38. The molecule has 0 aliphatic rings. The minimum Gasteiger partial charge on any atom is -0.311 e. The van der Waals surface area contributed by atoms with Crippen LogP contribution in [0.1, 0.15) is 16.7 Å². The van der Waals surface area contributed by atoms with E-state index < -0.39 is 0 Å². The number of hydrogen-bond acceptors (Lipinski definition) is 5.